The van der Waals surface area contributed by atoms with Gasteiger partial charge in [-0.1, -0.05) is 0 Å². The minimum Gasteiger partial charge on any atom is -0.343 e. The Morgan fingerprint density at radius 3 is 2.95 bits per heavy atom. The highest BCUT2D eigenvalue weighted by molar-refractivity contribution is 7.10. The Balaban J connectivity index is 1.49. The fourth-order valence-electron chi connectivity index (χ4n) is 2.68. The maximum atomic E-state index is 12.2. The van der Waals surface area contributed by atoms with Crippen LogP contribution >= 0.6 is 11.3 Å². The van der Waals surface area contributed by atoms with Crippen LogP contribution in [-0.4, -0.2) is 41.2 Å². The number of amides is 2. The summed E-state index contributed by atoms with van der Waals surface area (Å²) in [5, 5.41) is 2.09. The lowest BCUT2D eigenvalue weighted by Gasteiger charge is -2.27. The van der Waals surface area contributed by atoms with Gasteiger partial charge in [0.15, 0.2) is 0 Å². The van der Waals surface area contributed by atoms with Crippen LogP contribution in [0.5, 0.6) is 0 Å². The van der Waals surface area contributed by atoms with Crippen molar-refractivity contribution >= 4 is 23.2 Å². The molecule has 0 N–H and O–H groups in total. The van der Waals surface area contributed by atoms with Gasteiger partial charge < -0.3 is 9.80 Å². The molecule has 2 aliphatic rings. The van der Waals surface area contributed by atoms with Gasteiger partial charge in [0.1, 0.15) is 0 Å². The van der Waals surface area contributed by atoms with Gasteiger partial charge in [-0.05, 0) is 36.3 Å². The summed E-state index contributed by atoms with van der Waals surface area (Å²) in [5.41, 5.74) is 1.27. The zero-order valence-electron chi connectivity index (χ0n) is 11.8. The monoisotopic (exact) mass is 292 g/mol. The van der Waals surface area contributed by atoms with Crippen LogP contribution in [0.25, 0.3) is 0 Å². The van der Waals surface area contributed by atoms with Crippen molar-refractivity contribution in [3.63, 3.8) is 0 Å². The first-order chi connectivity index (χ1) is 9.65. The number of rotatable bonds is 4. The molecule has 0 unspecified atom stereocenters. The molecule has 4 nitrogen and oxygen atoms in total. The highest BCUT2D eigenvalue weighted by atomic mass is 32.1. The van der Waals surface area contributed by atoms with Crippen LogP contribution in [0.4, 0.5) is 0 Å². The molecule has 2 amide bonds. The zero-order chi connectivity index (χ0) is 14.1. The second kappa shape index (κ2) is 5.56. The van der Waals surface area contributed by atoms with E-state index in [1.165, 1.54) is 10.4 Å². The number of thiophene rings is 1. The standard InChI is InChI=1S/C15H20N2O2S/c1-16(12-2-3-12)14(18)4-5-15(19)17-8-6-13-11(10-17)7-9-20-13/h7,9,12H,2-6,8,10H2,1H3. The van der Waals surface area contributed by atoms with Crippen LogP contribution in [0.2, 0.25) is 0 Å². The summed E-state index contributed by atoms with van der Waals surface area (Å²) in [7, 11) is 1.85. The fourth-order valence-corrected chi connectivity index (χ4v) is 3.56. The van der Waals surface area contributed by atoms with Crippen molar-refractivity contribution < 1.29 is 9.59 Å². The Kier molecular flexibility index (Phi) is 3.78. The molecule has 2 heterocycles. The average molecular weight is 292 g/mol. The van der Waals surface area contributed by atoms with Gasteiger partial charge in [-0.15, -0.1) is 11.3 Å². The average Bonchev–Trinajstić information content (AvgIpc) is 3.20. The normalized spacial score (nSPS) is 17.8. The largest absolute Gasteiger partial charge is 0.343 e. The highest BCUT2D eigenvalue weighted by Gasteiger charge is 2.30. The number of hydrogen-bond donors (Lipinski definition) is 0. The number of carbonyl (C=O) groups excluding carboxylic acids is 2. The Bertz CT molecular complexity index is 522. The molecule has 1 fully saturated rings. The van der Waals surface area contributed by atoms with Gasteiger partial charge in [-0.3, -0.25) is 9.59 Å². The molecule has 1 saturated carbocycles. The van der Waals surface area contributed by atoms with E-state index in [0.717, 1.165) is 25.8 Å². The summed E-state index contributed by atoms with van der Waals surface area (Å²) in [6.07, 6.45) is 3.87. The third kappa shape index (κ3) is 2.87. The van der Waals surface area contributed by atoms with Crippen molar-refractivity contribution in [3.8, 4) is 0 Å². The summed E-state index contributed by atoms with van der Waals surface area (Å²) < 4.78 is 0. The molecule has 0 atom stereocenters. The molecule has 0 saturated heterocycles. The summed E-state index contributed by atoms with van der Waals surface area (Å²) in [5.74, 6) is 0.216. The van der Waals surface area contributed by atoms with Crippen LogP contribution < -0.4 is 0 Å². The minimum atomic E-state index is 0.106. The molecule has 1 aliphatic heterocycles. The molecule has 1 aliphatic carbocycles. The molecule has 3 rings (SSSR count). The number of hydrogen-bond acceptors (Lipinski definition) is 3. The highest BCUT2D eigenvalue weighted by Crippen LogP contribution is 2.27. The topological polar surface area (TPSA) is 40.6 Å². The molecule has 108 valence electrons. The van der Waals surface area contributed by atoms with Gasteiger partial charge in [0.25, 0.3) is 0 Å². The molecule has 20 heavy (non-hydrogen) atoms. The number of carbonyl (C=O) groups is 2. The predicted molar refractivity (Wildman–Crippen MR) is 78.5 cm³/mol. The van der Waals surface area contributed by atoms with Crippen LogP contribution in [0.1, 0.15) is 36.1 Å². The molecule has 1 aromatic rings. The van der Waals surface area contributed by atoms with Crippen molar-refractivity contribution in [2.75, 3.05) is 13.6 Å². The number of fused-ring (bicyclic) bond motifs is 1. The van der Waals surface area contributed by atoms with E-state index in [2.05, 4.69) is 11.4 Å². The predicted octanol–water partition coefficient (Wildman–Crippen LogP) is 2.03. The lowest BCUT2D eigenvalue weighted by atomic mass is 10.1. The van der Waals surface area contributed by atoms with Gasteiger partial charge >= 0.3 is 0 Å². The van der Waals surface area contributed by atoms with E-state index in [9.17, 15) is 9.59 Å². The van der Waals surface area contributed by atoms with Crippen LogP contribution in [0, 0.1) is 0 Å². The summed E-state index contributed by atoms with van der Waals surface area (Å²) in [6.45, 7) is 1.50. The number of nitrogens with zero attached hydrogens (tertiary/aromatic N) is 2. The Hall–Kier alpha value is -1.36. The van der Waals surface area contributed by atoms with E-state index in [4.69, 9.17) is 0 Å². The first-order valence-electron chi connectivity index (χ1n) is 7.24. The summed E-state index contributed by atoms with van der Waals surface area (Å²) in [4.78, 5) is 29.2. The van der Waals surface area contributed by atoms with Gasteiger partial charge in [0, 0.05) is 43.9 Å². The van der Waals surface area contributed by atoms with Crippen LogP contribution in [0.3, 0.4) is 0 Å². The van der Waals surface area contributed by atoms with E-state index in [-0.39, 0.29) is 11.8 Å². The second-order valence-corrected chi connectivity index (χ2v) is 6.67. The molecule has 0 spiro atoms. The maximum Gasteiger partial charge on any atom is 0.223 e. The van der Waals surface area contributed by atoms with Crippen molar-refractivity contribution in [3.05, 3.63) is 21.9 Å². The van der Waals surface area contributed by atoms with Crippen LogP contribution in [-0.2, 0) is 22.6 Å². The molecular weight excluding hydrogens is 272 g/mol. The fraction of sp³-hybridized carbons (Fsp3) is 0.600. The zero-order valence-corrected chi connectivity index (χ0v) is 12.6. The third-order valence-corrected chi connectivity index (χ3v) is 5.22. The SMILES string of the molecule is CN(C(=O)CCC(=O)N1CCc2sccc2C1)C1CC1. The van der Waals surface area contributed by atoms with Crippen molar-refractivity contribution in [1.29, 1.82) is 0 Å². The lowest BCUT2D eigenvalue weighted by molar-refractivity contribution is -0.137. The minimum absolute atomic E-state index is 0.106. The second-order valence-electron chi connectivity index (χ2n) is 5.67. The quantitative estimate of drug-likeness (QED) is 0.852. The molecule has 1 aromatic heterocycles. The molecular formula is C15H20N2O2S. The van der Waals surface area contributed by atoms with E-state index >= 15 is 0 Å². The van der Waals surface area contributed by atoms with Gasteiger partial charge in [-0.2, -0.15) is 0 Å². The first kappa shape index (κ1) is 13.6. The van der Waals surface area contributed by atoms with Crippen molar-refractivity contribution in [2.24, 2.45) is 0 Å². The van der Waals surface area contributed by atoms with Crippen LogP contribution in [0.15, 0.2) is 11.4 Å². The van der Waals surface area contributed by atoms with Crippen molar-refractivity contribution in [1.82, 2.24) is 9.80 Å². The van der Waals surface area contributed by atoms with E-state index in [1.807, 2.05) is 11.9 Å². The Morgan fingerprint density at radius 1 is 1.40 bits per heavy atom. The molecule has 5 heteroatoms. The summed E-state index contributed by atoms with van der Waals surface area (Å²) in [6, 6.07) is 2.53. The van der Waals surface area contributed by atoms with E-state index in [0.29, 0.717) is 25.4 Å². The van der Waals surface area contributed by atoms with Crippen molar-refractivity contribution in [2.45, 2.75) is 44.7 Å². The summed E-state index contributed by atoms with van der Waals surface area (Å²) >= 11 is 1.77. The van der Waals surface area contributed by atoms with E-state index in [1.54, 1.807) is 16.2 Å². The molecule has 0 aromatic carbocycles. The van der Waals surface area contributed by atoms with Gasteiger partial charge in [0.2, 0.25) is 11.8 Å². The Morgan fingerprint density at radius 2 is 2.20 bits per heavy atom. The lowest BCUT2D eigenvalue weighted by Crippen LogP contribution is -2.36. The van der Waals surface area contributed by atoms with Gasteiger partial charge in [0.05, 0.1) is 0 Å². The molecule has 0 radical (unpaired) electrons. The molecule has 0 bridgehead atoms. The Labute approximate surface area is 123 Å². The first-order valence-corrected chi connectivity index (χ1v) is 8.12. The van der Waals surface area contributed by atoms with Gasteiger partial charge in [-0.25, -0.2) is 0 Å². The maximum absolute atomic E-state index is 12.2. The van der Waals surface area contributed by atoms with E-state index < -0.39 is 0 Å². The smallest absolute Gasteiger partial charge is 0.223 e. The third-order valence-electron chi connectivity index (χ3n) is 4.20.